The zero-order chi connectivity index (χ0) is 16.2. The Bertz CT molecular complexity index is 761. The molecule has 1 saturated carbocycles. The standard InChI is InChI=1S/C17H20N2O4/c20-17-16(19(21)22)15(13-10-6-7-11-14(13)23-17)18-12-8-4-2-1-3-5-9-12/h6-7,10-12,18H,1-5,8-9H2. The van der Waals surface area contributed by atoms with E-state index >= 15 is 0 Å². The van der Waals surface area contributed by atoms with Crippen molar-refractivity contribution in [2.75, 3.05) is 5.32 Å². The number of fused-ring (bicyclic) bond motifs is 1. The van der Waals surface area contributed by atoms with Crippen LogP contribution in [0.4, 0.5) is 11.4 Å². The van der Waals surface area contributed by atoms with E-state index in [0.29, 0.717) is 16.7 Å². The van der Waals surface area contributed by atoms with E-state index in [4.69, 9.17) is 4.42 Å². The van der Waals surface area contributed by atoms with Crippen LogP contribution in [0.3, 0.4) is 0 Å². The van der Waals surface area contributed by atoms with E-state index in [1.165, 1.54) is 19.3 Å². The van der Waals surface area contributed by atoms with Crippen LogP contribution in [0.15, 0.2) is 33.5 Å². The highest BCUT2D eigenvalue weighted by atomic mass is 16.6. The van der Waals surface area contributed by atoms with Gasteiger partial charge in [-0.25, -0.2) is 4.79 Å². The lowest BCUT2D eigenvalue weighted by Crippen LogP contribution is -2.23. The second-order valence-electron chi connectivity index (χ2n) is 6.05. The Labute approximate surface area is 133 Å². The second-order valence-corrected chi connectivity index (χ2v) is 6.05. The Balaban J connectivity index is 2.04. The first-order valence-corrected chi connectivity index (χ1v) is 8.13. The zero-order valence-corrected chi connectivity index (χ0v) is 12.9. The molecule has 1 N–H and O–H groups in total. The Morgan fingerprint density at radius 3 is 2.43 bits per heavy atom. The molecule has 1 aliphatic rings. The number of hydrogen-bond acceptors (Lipinski definition) is 5. The highest BCUT2D eigenvalue weighted by Crippen LogP contribution is 2.32. The predicted molar refractivity (Wildman–Crippen MR) is 88.9 cm³/mol. The molecule has 122 valence electrons. The van der Waals surface area contributed by atoms with Gasteiger partial charge in [-0.2, -0.15) is 0 Å². The van der Waals surface area contributed by atoms with Gasteiger partial charge in [0.2, 0.25) is 0 Å². The van der Waals surface area contributed by atoms with Gasteiger partial charge < -0.3 is 9.73 Å². The van der Waals surface area contributed by atoms with E-state index in [1.807, 2.05) is 0 Å². The Hall–Kier alpha value is -2.37. The quantitative estimate of drug-likeness (QED) is 0.520. The van der Waals surface area contributed by atoms with Crippen molar-refractivity contribution in [1.82, 2.24) is 0 Å². The van der Waals surface area contributed by atoms with Gasteiger partial charge in [-0.1, -0.05) is 44.2 Å². The van der Waals surface area contributed by atoms with Crippen molar-refractivity contribution in [2.45, 2.75) is 51.0 Å². The number of nitrogens with one attached hydrogen (secondary N) is 1. The van der Waals surface area contributed by atoms with Gasteiger partial charge >= 0.3 is 11.3 Å². The Morgan fingerprint density at radius 2 is 1.74 bits per heavy atom. The average molecular weight is 316 g/mol. The molecule has 23 heavy (non-hydrogen) atoms. The van der Waals surface area contributed by atoms with E-state index in [1.54, 1.807) is 24.3 Å². The van der Waals surface area contributed by atoms with Crippen LogP contribution in [0.2, 0.25) is 0 Å². The molecule has 0 spiro atoms. The molecule has 0 saturated heterocycles. The molecule has 1 heterocycles. The van der Waals surface area contributed by atoms with Gasteiger partial charge in [0.25, 0.3) is 0 Å². The van der Waals surface area contributed by atoms with Crippen LogP contribution in [-0.2, 0) is 0 Å². The molecule has 3 rings (SSSR count). The van der Waals surface area contributed by atoms with Crippen LogP contribution < -0.4 is 10.9 Å². The fraction of sp³-hybridized carbons (Fsp3) is 0.471. The van der Waals surface area contributed by atoms with Crippen molar-refractivity contribution in [3.63, 3.8) is 0 Å². The summed E-state index contributed by atoms with van der Waals surface area (Å²) in [6, 6.07) is 7.09. The number of anilines is 1. The van der Waals surface area contributed by atoms with Crippen LogP contribution in [0.25, 0.3) is 11.0 Å². The van der Waals surface area contributed by atoms with Crippen molar-refractivity contribution in [2.24, 2.45) is 0 Å². The van der Waals surface area contributed by atoms with E-state index in [0.717, 1.165) is 25.7 Å². The summed E-state index contributed by atoms with van der Waals surface area (Å²) in [5, 5.41) is 15.2. The van der Waals surface area contributed by atoms with Gasteiger partial charge in [0.1, 0.15) is 11.3 Å². The number of para-hydroxylation sites is 1. The summed E-state index contributed by atoms with van der Waals surface area (Å²) in [5.41, 5.74) is -0.725. The molecule has 6 nitrogen and oxygen atoms in total. The van der Waals surface area contributed by atoms with Gasteiger partial charge in [-0.05, 0) is 25.0 Å². The molecule has 0 bridgehead atoms. The third-order valence-electron chi connectivity index (χ3n) is 4.43. The fourth-order valence-corrected chi connectivity index (χ4v) is 3.26. The molecule has 0 amide bonds. The monoisotopic (exact) mass is 316 g/mol. The number of benzene rings is 1. The number of nitrogens with zero attached hydrogens (tertiary/aromatic N) is 1. The van der Waals surface area contributed by atoms with Crippen molar-refractivity contribution in [3.8, 4) is 0 Å². The third-order valence-corrected chi connectivity index (χ3v) is 4.43. The maximum absolute atomic E-state index is 12.0. The van der Waals surface area contributed by atoms with E-state index in [-0.39, 0.29) is 6.04 Å². The van der Waals surface area contributed by atoms with Crippen LogP contribution in [0.1, 0.15) is 44.9 Å². The van der Waals surface area contributed by atoms with Gasteiger partial charge in [0.05, 0.1) is 4.92 Å². The van der Waals surface area contributed by atoms with Gasteiger partial charge in [0.15, 0.2) is 0 Å². The van der Waals surface area contributed by atoms with Crippen LogP contribution in [0, 0.1) is 10.1 Å². The van der Waals surface area contributed by atoms with Gasteiger partial charge in [-0.3, -0.25) is 10.1 Å². The summed E-state index contributed by atoms with van der Waals surface area (Å²) in [7, 11) is 0. The first-order chi connectivity index (χ1) is 11.2. The molecule has 6 heteroatoms. The first kappa shape index (κ1) is 15.5. The molecule has 1 aromatic carbocycles. The molecule has 1 aromatic heterocycles. The van der Waals surface area contributed by atoms with Crippen LogP contribution >= 0.6 is 0 Å². The third kappa shape index (κ3) is 3.36. The van der Waals surface area contributed by atoms with E-state index < -0.39 is 16.2 Å². The number of hydrogen-bond donors (Lipinski definition) is 1. The summed E-state index contributed by atoms with van der Waals surface area (Å²) in [6.07, 6.45) is 7.77. The predicted octanol–water partition coefficient (Wildman–Crippen LogP) is 4.23. The topological polar surface area (TPSA) is 85.4 Å². The van der Waals surface area contributed by atoms with E-state index in [2.05, 4.69) is 5.32 Å². The molecule has 2 aromatic rings. The summed E-state index contributed by atoms with van der Waals surface area (Å²) in [6.45, 7) is 0. The van der Waals surface area contributed by atoms with Gasteiger partial charge in [-0.15, -0.1) is 0 Å². The van der Waals surface area contributed by atoms with Crippen LogP contribution in [0.5, 0.6) is 0 Å². The molecule has 0 aliphatic heterocycles. The summed E-state index contributed by atoms with van der Waals surface area (Å²) < 4.78 is 5.09. The summed E-state index contributed by atoms with van der Waals surface area (Å²) in [4.78, 5) is 22.7. The minimum atomic E-state index is -0.901. The Kier molecular flexibility index (Phi) is 4.60. The zero-order valence-electron chi connectivity index (χ0n) is 12.9. The SMILES string of the molecule is O=c1oc2ccccc2c(NC2CCCCCCC2)c1[N+](=O)[O-]. The lowest BCUT2D eigenvalue weighted by Gasteiger charge is -2.22. The van der Waals surface area contributed by atoms with E-state index in [9.17, 15) is 14.9 Å². The normalized spacial score (nSPS) is 16.7. The van der Waals surface area contributed by atoms with Crippen molar-refractivity contribution < 1.29 is 9.34 Å². The highest BCUT2D eigenvalue weighted by molar-refractivity contribution is 5.94. The second kappa shape index (κ2) is 6.81. The molecule has 0 atom stereocenters. The minimum absolute atomic E-state index is 0.152. The molecular weight excluding hydrogens is 296 g/mol. The summed E-state index contributed by atoms with van der Waals surface area (Å²) in [5.74, 6) is 0. The average Bonchev–Trinajstić information content (AvgIpc) is 2.49. The lowest BCUT2D eigenvalue weighted by atomic mass is 9.96. The van der Waals surface area contributed by atoms with Crippen molar-refractivity contribution in [3.05, 3.63) is 44.8 Å². The van der Waals surface area contributed by atoms with Crippen molar-refractivity contribution >= 4 is 22.3 Å². The van der Waals surface area contributed by atoms with Gasteiger partial charge in [0, 0.05) is 11.4 Å². The highest BCUT2D eigenvalue weighted by Gasteiger charge is 2.26. The van der Waals surface area contributed by atoms with Crippen LogP contribution in [-0.4, -0.2) is 11.0 Å². The largest absolute Gasteiger partial charge is 0.418 e. The minimum Gasteiger partial charge on any atom is -0.418 e. The first-order valence-electron chi connectivity index (χ1n) is 8.13. The maximum Gasteiger partial charge on any atom is 0.417 e. The molecule has 0 unspecified atom stereocenters. The fourth-order valence-electron chi connectivity index (χ4n) is 3.26. The van der Waals surface area contributed by atoms with Crippen molar-refractivity contribution in [1.29, 1.82) is 0 Å². The smallest absolute Gasteiger partial charge is 0.417 e. The summed E-state index contributed by atoms with van der Waals surface area (Å²) >= 11 is 0. The molecule has 1 aliphatic carbocycles. The lowest BCUT2D eigenvalue weighted by molar-refractivity contribution is -0.386. The number of rotatable bonds is 3. The molecule has 1 fully saturated rings. The Morgan fingerprint density at radius 1 is 1.09 bits per heavy atom. The maximum atomic E-state index is 12.0. The molecular formula is C17H20N2O4. The number of nitro groups is 1. The molecule has 0 radical (unpaired) electrons.